The number of hydrogen-bond donors (Lipinski definition) is 0. The summed E-state index contributed by atoms with van der Waals surface area (Å²) in [6, 6.07) is 55.9. The predicted octanol–water partition coefficient (Wildman–Crippen LogP) is 13.1. The first-order valence-corrected chi connectivity index (χ1v) is 19.8. The van der Waals surface area contributed by atoms with E-state index in [9.17, 15) is 0 Å². The van der Waals surface area contributed by atoms with Crippen LogP contribution >= 0.6 is 11.3 Å². The summed E-state index contributed by atoms with van der Waals surface area (Å²) in [4.78, 5) is 19.5. The maximum absolute atomic E-state index is 6.55. The molecule has 4 heterocycles. The second-order valence-corrected chi connectivity index (χ2v) is 15.1. The molecule has 3 aromatic heterocycles. The molecule has 1 aliphatic rings. The highest BCUT2D eigenvalue weighted by Gasteiger charge is 2.19. The van der Waals surface area contributed by atoms with Crippen LogP contribution in [0.5, 0.6) is 5.75 Å². The van der Waals surface area contributed by atoms with E-state index in [1.807, 2.05) is 96.3 Å². The van der Waals surface area contributed by atoms with Gasteiger partial charge in [-0.15, -0.1) is 11.3 Å². The van der Waals surface area contributed by atoms with E-state index in [1.54, 1.807) is 0 Å². The Labute approximate surface area is 332 Å². The topological polar surface area (TPSA) is 73.9 Å². The van der Waals surface area contributed by atoms with Gasteiger partial charge in [0.15, 0.2) is 23.1 Å². The van der Waals surface area contributed by atoms with Gasteiger partial charge in [-0.3, -0.25) is 0 Å². The number of thiophene rings is 1. The molecule has 7 heteroatoms. The summed E-state index contributed by atoms with van der Waals surface area (Å²) >= 11 is 1.83. The average Bonchev–Trinajstić information content (AvgIpc) is 3.82. The summed E-state index contributed by atoms with van der Waals surface area (Å²) in [5.41, 5.74) is 9.70. The van der Waals surface area contributed by atoms with Crippen LogP contribution in [-0.2, 0) is 6.42 Å². The number of oxazole rings is 1. The molecule has 0 saturated carbocycles. The van der Waals surface area contributed by atoms with Gasteiger partial charge in [0, 0.05) is 48.0 Å². The van der Waals surface area contributed by atoms with Gasteiger partial charge in [-0.2, -0.15) is 0 Å². The molecule has 0 saturated heterocycles. The lowest BCUT2D eigenvalue weighted by Crippen LogP contribution is -2.00. The Balaban J connectivity index is 0.922. The summed E-state index contributed by atoms with van der Waals surface area (Å²) in [5, 5.41) is 2.48. The minimum absolute atomic E-state index is 0.558. The smallest absolute Gasteiger partial charge is 0.227 e. The number of allylic oxidation sites excluding steroid dienone is 1. The number of aryl methyl sites for hydroxylation is 1. The van der Waals surface area contributed by atoms with Gasteiger partial charge in [0.25, 0.3) is 0 Å². The van der Waals surface area contributed by atoms with Crippen molar-refractivity contribution in [3.05, 3.63) is 181 Å². The van der Waals surface area contributed by atoms with Crippen molar-refractivity contribution in [2.75, 3.05) is 0 Å². The molecule has 0 fully saturated rings. The molecule has 11 rings (SSSR count). The van der Waals surface area contributed by atoms with Crippen LogP contribution in [0.2, 0.25) is 0 Å². The van der Waals surface area contributed by atoms with Gasteiger partial charge >= 0.3 is 0 Å². The Bertz CT molecular complexity index is 3090. The highest BCUT2D eigenvalue weighted by Crippen LogP contribution is 2.44. The predicted molar refractivity (Wildman–Crippen MR) is 231 cm³/mol. The highest BCUT2D eigenvalue weighted by molar-refractivity contribution is 7.26. The fraction of sp³-hybridized carbons (Fsp3) is 0.0400. The number of ether oxygens (including phenoxy) is 1. The van der Waals surface area contributed by atoms with Crippen molar-refractivity contribution in [3.63, 3.8) is 0 Å². The third-order valence-corrected chi connectivity index (χ3v) is 11.8. The normalized spacial score (nSPS) is 12.7. The Morgan fingerprint density at radius 3 is 1.79 bits per heavy atom. The van der Waals surface area contributed by atoms with Gasteiger partial charge in [0.1, 0.15) is 17.0 Å². The summed E-state index contributed by atoms with van der Waals surface area (Å²) in [6.07, 6.45) is 4.15. The van der Waals surface area contributed by atoms with E-state index < -0.39 is 0 Å². The molecule has 7 aromatic carbocycles. The molecule has 270 valence electrons. The van der Waals surface area contributed by atoms with Gasteiger partial charge in [0.2, 0.25) is 5.89 Å². The largest absolute Gasteiger partial charge is 0.457 e. The van der Waals surface area contributed by atoms with Crippen LogP contribution in [0.4, 0.5) is 0 Å². The quantitative estimate of drug-likeness (QED) is 0.168. The lowest BCUT2D eigenvalue weighted by Gasteiger charge is -2.11. The van der Waals surface area contributed by atoms with Crippen LogP contribution < -0.4 is 4.74 Å². The first-order valence-electron chi connectivity index (χ1n) is 19.0. The number of fused-ring (bicyclic) bond motifs is 5. The van der Waals surface area contributed by atoms with E-state index in [-0.39, 0.29) is 0 Å². The van der Waals surface area contributed by atoms with Crippen molar-refractivity contribution in [2.24, 2.45) is 0 Å². The Kier molecular flexibility index (Phi) is 8.03. The maximum atomic E-state index is 6.55. The average molecular weight is 753 g/mol. The van der Waals surface area contributed by atoms with Crippen LogP contribution in [0.1, 0.15) is 17.5 Å². The van der Waals surface area contributed by atoms with Gasteiger partial charge in [-0.05, 0) is 78.1 Å². The van der Waals surface area contributed by atoms with E-state index in [0.29, 0.717) is 28.9 Å². The van der Waals surface area contributed by atoms with E-state index in [4.69, 9.17) is 29.1 Å². The van der Waals surface area contributed by atoms with Crippen molar-refractivity contribution in [1.29, 1.82) is 0 Å². The van der Waals surface area contributed by atoms with Crippen molar-refractivity contribution in [2.45, 2.75) is 12.8 Å². The molecule has 0 amide bonds. The molecular formula is C50H32N4O2S. The van der Waals surface area contributed by atoms with Gasteiger partial charge in [0.05, 0.1) is 0 Å². The lowest BCUT2D eigenvalue weighted by atomic mass is 10.0. The van der Waals surface area contributed by atoms with Crippen molar-refractivity contribution >= 4 is 48.4 Å². The molecule has 0 atom stereocenters. The molecule has 1 aliphatic heterocycles. The molecule has 0 N–H and O–H groups in total. The van der Waals surface area contributed by atoms with Gasteiger partial charge < -0.3 is 9.15 Å². The van der Waals surface area contributed by atoms with E-state index in [1.165, 1.54) is 31.3 Å². The molecule has 0 bridgehead atoms. The monoisotopic (exact) mass is 752 g/mol. The summed E-state index contributed by atoms with van der Waals surface area (Å²) in [5.74, 6) is 4.22. The van der Waals surface area contributed by atoms with Crippen LogP contribution in [0.15, 0.2) is 174 Å². The van der Waals surface area contributed by atoms with Gasteiger partial charge in [-0.1, -0.05) is 121 Å². The number of rotatable bonds is 6. The van der Waals surface area contributed by atoms with E-state index in [2.05, 4.69) is 84.9 Å². The molecule has 10 aromatic rings. The number of benzene rings is 7. The van der Waals surface area contributed by atoms with Crippen LogP contribution in [0.25, 0.3) is 93.8 Å². The Morgan fingerprint density at radius 1 is 0.474 bits per heavy atom. The summed E-state index contributed by atoms with van der Waals surface area (Å²) in [6.45, 7) is 0. The number of para-hydroxylation sites is 1. The maximum Gasteiger partial charge on any atom is 0.227 e. The minimum Gasteiger partial charge on any atom is -0.457 e. The second-order valence-electron chi connectivity index (χ2n) is 14.1. The minimum atomic E-state index is 0.558. The zero-order valence-corrected chi connectivity index (χ0v) is 31.4. The molecule has 6 nitrogen and oxygen atoms in total. The molecule has 0 aliphatic carbocycles. The summed E-state index contributed by atoms with van der Waals surface area (Å²) in [7, 11) is 0. The SMILES string of the molecule is C1=C(c2cccc3c2sc2c(-c4ccc(-c5nc6ccc(-c7nc(-c8ccccc8)nc(-c8ccccc8)n7)cc6o5)cc4)cccc23)Oc2ccccc2CC1. The molecule has 0 spiro atoms. The third kappa shape index (κ3) is 6.05. The summed E-state index contributed by atoms with van der Waals surface area (Å²) < 4.78 is 15.4. The van der Waals surface area contributed by atoms with E-state index in [0.717, 1.165) is 63.2 Å². The zero-order chi connectivity index (χ0) is 37.7. The van der Waals surface area contributed by atoms with Crippen molar-refractivity contribution in [3.8, 4) is 62.5 Å². The first-order chi connectivity index (χ1) is 28.2. The zero-order valence-electron chi connectivity index (χ0n) is 30.6. The van der Waals surface area contributed by atoms with Crippen LogP contribution in [0.3, 0.4) is 0 Å². The Morgan fingerprint density at radius 2 is 1.07 bits per heavy atom. The van der Waals surface area contributed by atoms with Crippen molar-refractivity contribution in [1.82, 2.24) is 19.9 Å². The second kappa shape index (κ2) is 13.8. The molecular weight excluding hydrogens is 721 g/mol. The highest BCUT2D eigenvalue weighted by atomic mass is 32.1. The number of nitrogens with zero attached hydrogens (tertiary/aromatic N) is 4. The molecule has 0 radical (unpaired) electrons. The molecule has 57 heavy (non-hydrogen) atoms. The molecule has 0 unspecified atom stereocenters. The van der Waals surface area contributed by atoms with Crippen LogP contribution in [0, 0.1) is 0 Å². The van der Waals surface area contributed by atoms with Gasteiger partial charge in [-0.25, -0.2) is 19.9 Å². The van der Waals surface area contributed by atoms with Crippen LogP contribution in [-0.4, -0.2) is 19.9 Å². The third-order valence-electron chi connectivity index (χ3n) is 10.5. The lowest BCUT2D eigenvalue weighted by molar-refractivity contribution is 0.513. The fourth-order valence-electron chi connectivity index (χ4n) is 7.65. The standard InChI is InChI=1S/C50H32N4O2S/c1-3-13-33(14-4-1)47-52-48(34-15-5-2-6-16-34)54-49(53-47)36-28-29-41-44(30-36)56-50(51-41)35-26-24-31(25-27-35)37-18-10-19-38-39-20-11-21-40(46(39)57-45(37)38)43-23-9-17-32-12-7-8-22-42(32)55-43/h1-8,10-16,18-30H,9,17H2. The number of hydrogen-bond acceptors (Lipinski definition) is 7. The van der Waals surface area contributed by atoms with Crippen molar-refractivity contribution < 1.29 is 9.15 Å². The first kappa shape index (κ1) is 33.1. The number of aromatic nitrogens is 4. The fourth-order valence-corrected chi connectivity index (χ4v) is 9.01. The van der Waals surface area contributed by atoms with E-state index >= 15 is 0 Å². The Hall–Kier alpha value is -7.22.